The average Bonchev–Trinajstić information content (AvgIpc) is 3.16. The fourth-order valence-corrected chi connectivity index (χ4v) is 3.77. The van der Waals surface area contributed by atoms with Gasteiger partial charge in [-0.2, -0.15) is 0 Å². The van der Waals surface area contributed by atoms with Crippen LogP contribution in [-0.2, 0) is 11.2 Å². The van der Waals surface area contributed by atoms with Gasteiger partial charge in [0.05, 0.1) is 6.54 Å². The molecule has 0 bridgehead atoms. The molecule has 1 aliphatic heterocycles. The van der Waals surface area contributed by atoms with Crippen molar-refractivity contribution in [3.8, 4) is 28.4 Å². The molecule has 0 aromatic heterocycles. The van der Waals surface area contributed by atoms with E-state index < -0.39 is 0 Å². The highest BCUT2D eigenvalue weighted by molar-refractivity contribution is 5.71. The molecular weight excluding hydrogens is 394 g/mol. The first kappa shape index (κ1) is 20.6. The molecule has 3 aromatic rings. The van der Waals surface area contributed by atoms with Crippen molar-refractivity contribution in [2.45, 2.75) is 25.5 Å². The van der Waals surface area contributed by atoms with Crippen LogP contribution in [0.15, 0.2) is 72.8 Å². The van der Waals surface area contributed by atoms with Crippen molar-refractivity contribution in [1.82, 2.24) is 4.90 Å². The number of para-hydroxylation sites is 1. The van der Waals surface area contributed by atoms with Crippen molar-refractivity contribution in [2.75, 3.05) is 13.2 Å². The fraction of sp³-hybridized carbons (Fsp3) is 0.240. The number of benzene rings is 3. The van der Waals surface area contributed by atoms with E-state index >= 15 is 0 Å². The summed E-state index contributed by atoms with van der Waals surface area (Å²) in [5.74, 6) is 0.415. The molecule has 6 heteroatoms. The van der Waals surface area contributed by atoms with Gasteiger partial charge in [0.2, 0.25) is 0 Å². The third-order valence-electron chi connectivity index (χ3n) is 5.40. The Bertz CT molecular complexity index is 1050. The average molecular weight is 419 g/mol. The van der Waals surface area contributed by atoms with Gasteiger partial charge in [-0.05, 0) is 42.7 Å². The van der Waals surface area contributed by atoms with Gasteiger partial charge < -0.3 is 24.6 Å². The van der Waals surface area contributed by atoms with Crippen LogP contribution >= 0.6 is 0 Å². The minimum Gasteiger partial charge on any atom is -0.504 e. The molecule has 4 rings (SSSR count). The van der Waals surface area contributed by atoms with E-state index in [9.17, 15) is 15.0 Å². The minimum absolute atomic E-state index is 0.127. The summed E-state index contributed by atoms with van der Waals surface area (Å²) in [7, 11) is 0. The van der Waals surface area contributed by atoms with Crippen molar-refractivity contribution < 1.29 is 24.5 Å². The van der Waals surface area contributed by atoms with Crippen molar-refractivity contribution in [2.24, 2.45) is 0 Å². The predicted molar refractivity (Wildman–Crippen MR) is 117 cm³/mol. The second-order valence-corrected chi connectivity index (χ2v) is 7.71. The summed E-state index contributed by atoms with van der Waals surface area (Å²) in [6.07, 6.45) is -0.208. The molecule has 1 amide bonds. The highest BCUT2D eigenvalue weighted by atomic mass is 16.6. The van der Waals surface area contributed by atoms with Crippen LogP contribution in [0, 0.1) is 0 Å². The number of phenols is 2. The van der Waals surface area contributed by atoms with Crippen LogP contribution < -0.4 is 4.74 Å². The monoisotopic (exact) mass is 419 g/mol. The molecule has 2 atom stereocenters. The lowest BCUT2D eigenvalue weighted by Gasteiger charge is -2.22. The predicted octanol–water partition coefficient (Wildman–Crippen LogP) is 4.60. The number of rotatable bonds is 7. The molecule has 3 aromatic carbocycles. The standard InChI is InChI=1S/C25H25NO5/c1-17(13-18-11-12-22(27)23(28)14-18)26-15-20(31-25(26)29)16-30-24-10-6-5-9-21(24)19-7-3-2-4-8-19/h2-12,14,17,20,27-28H,13,15-16H2,1H3/t17-,20-/m0/s1. The van der Waals surface area contributed by atoms with Crippen molar-refractivity contribution >= 4 is 6.09 Å². The minimum atomic E-state index is -0.375. The van der Waals surface area contributed by atoms with Gasteiger partial charge >= 0.3 is 6.09 Å². The number of carbonyl (C=O) groups excluding carboxylic acids is 1. The molecule has 0 unspecified atom stereocenters. The highest BCUT2D eigenvalue weighted by Crippen LogP contribution is 2.30. The van der Waals surface area contributed by atoms with Crippen molar-refractivity contribution in [3.05, 3.63) is 78.4 Å². The molecule has 1 aliphatic rings. The molecule has 0 radical (unpaired) electrons. The third-order valence-corrected chi connectivity index (χ3v) is 5.40. The molecule has 0 saturated carbocycles. The largest absolute Gasteiger partial charge is 0.504 e. The molecule has 0 spiro atoms. The van der Waals surface area contributed by atoms with Crippen LogP contribution in [0.2, 0.25) is 0 Å². The Morgan fingerprint density at radius 3 is 2.55 bits per heavy atom. The Hall–Kier alpha value is -3.67. The quantitative estimate of drug-likeness (QED) is 0.548. The summed E-state index contributed by atoms with van der Waals surface area (Å²) >= 11 is 0. The highest BCUT2D eigenvalue weighted by Gasteiger charge is 2.35. The van der Waals surface area contributed by atoms with E-state index in [0.717, 1.165) is 22.4 Å². The van der Waals surface area contributed by atoms with E-state index in [0.29, 0.717) is 13.0 Å². The second kappa shape index (κ2) is 9.00. The zero-order valence-electron chi connectivity index (χ0n) is 17.3. The van der Waals surface area contributed by atoms with Crippen LogP contribution in [0.25, 0.3) is 11.1 Å². The fourth-order valence-electron chi connectivity index (χ4n) is 3.77. The topological polar surface area (TPSA) is 79.2 Å². The molecule has 31 heavy (non-hydrogen) atoms. The first-order valence-corrected chi connectivity index (χ1v) is 10.3. The maximum absolute atomic E-state index is 12.4. The summed E-state index contributed by atoms with van der Waals surface area (Å²) in [6, 6.07) is 22.4. The number of cyclic esters (lactones) is 1. The Morgan fingerprint density at radius 1 is 1.03 bits per heavy atom. The summed E-state index contributed by atoms with van der Waals surface area (Å²) < 4.78 is 11.5. The molecule has 1 fully saturated rings. The lowest BCUT2D eigenvalue weighted by Crippen LogP contribution is -2.36. The Balaban J connectivity index is 1.38. The number of phenolic OH excluding ortho intramolecular Hbond substituents is 2. The van der Waals surface area contributed by atoms with Gasteiger partial charge in [0.1, 0.15) is 12.4 Å². The van der Waals surface area contributed by atoms with Gasteiger partial charge in [0.25, 0.3) is 0 Å². The van der Waals surface area contributed by atoms with E-state index in [1.807, 2.05) is 61.5 Å². The van der Waals surface area contributed by atoms with Crippen molar-refractivity contribution in [1.29, 1.82) is 0 Å². The van der Waals surface area contributed by atoms with Gasteiger partial charge in [-0.3, -0.25) is 0 Å². The molecular formula is C25H25NO5. The van der Waals surface area contributed by atoms with E-state index in [2.05, 4.69) is 0 Å². The van der Waals surface area contributed by atoms with Crippen LogP contribution in [-0.4, -0.2) is 46.5 Å². The van der Waals surface area contributed by atoms with E-state index in [1.165, 1.54) is 12.1 Å². The Labute approximate surface area is 181 Å². The molecule has 160 valence electrons. The van der Waals surface area contributed by atoms with Gasteiger partial charge in [-0.15, -0.1) is 0 Å². The van der Waals surface area contributed by atoms with Crippen LogP contribution in [0.4, 0.5) is 4.79 Å². The van der Waals surface area contributed by atoms with Crippen LogP contribution in [0.1, 0.15) is 12.5 Å². The summed E-state index contributed by atoms with van der Waals surface area (Å²) in [5.41, 5.74) is 2.88. The van der Waals surface area contributed by atoms with Crippen molar-refractivity contribution in [3.63, 3.8) is 0 Å². The van der Waals surface area contributed by atoms with Crippen LogP contribution in [0.5, 0.6) is 17.2 Å². The van der Waals surface area contributed by atoms with Gasteiger partial charge in [-0.25, -0.2) is 4.79 Å². The lowest BCUT2D eigenvalue weighted by molar-refractivity contribution is 0.102. The maximum atomic E-state index is 12.4. The normalized spacial score (nSPS) is 16.7. The molecule has 6 nitrogen and oxygen atoms in total. The zero-order chi connectivity index (χ0) is 21.8. The number of ether oxygens (including phenoxy) is 2. The van der Waals surface area contributed by atoms with E-state index in [-0.39, 0.29) is 36.3 Å². The van der Waals surface area contributed by atoms with Gasteiger partial charge in [0, 0.05) is 11.6 Å². The SMILES string of the molecule is C[C@@H](Cc1ccc(O)c(O)c1)N1C[C@@H](COc2ccccc2-c2ccccc2)OC1=O. The first-order chi connectivity index (χ1) is 15.0. The number of carbonyl (C=O) groups is 1. The number of nitrogens with zero attached hydrogens (tertiary/aromatic N) is 1. The smallest absolute Gasteiger partial charge is 0.410 e. The van der Waals surface area contributed by atoms with E-state index in [1.54, 1.807) is 11.0 Å². The molecule has 0 aliphatic carbocycles. The maximum Gasteiger partial charge on any atom is 0.410 e. The molecule has 1 heterocycles. The number of amides is 1. The number of hydrogen-bond donors (Lipinski definition) is 2. The first-order valence-electron chi connectivity index (χ1n) is 10.3. The van der Waals surface area contributed by atoms with Gasteiger partial charge in [-0.1, -0.05) is 54.6 Å². The summed E-state index contributed by atoms with van der Waals surface area (Å²) in [4.78, 5) is 14.1. The van der Waals surface area contributed by atoms with E-state index in [4.69, 9.17) is 9.47 Å². The van der Waals surface area contributed by atoms with Gasteiger partial charge in [0.15, 0.2) is 17.6 Å². The Kier molecular flexibility index (Phi) is 5.98. The third kappa shape index (κ3) is 4.74. The van der Waals surface area contributed by atoms with Crippen LogP contribution in [0.3, 0.4) is 0 Å². The lowest BCUT2D eigenvalue weighted by atomic mass is 10.0. The summed E-state index contributed by atoms with van der Waals surface area (Å²) in [5, 5.41) is 19.1. The second-order valence-electron chi connectivity index (χ2n) is 7.71. The summed E-state index contributed by atoms with van der Waals surface area (Å²) in [6.45, 7) is 2.62. The zero-order valence-corrected chi connectivity index (χ0v) is 17.3. The number of hydrogen-bond acceptors (Lipinski definition) is 5. The Morgan fingerprint density at radius 2 is 1.77 bits per heavy atom. The molecule has 2 N–H and O–H groups in total. The number of aromatic hydroxyl groups is 2. The molecule has 1 saturated heterocycles.